The lowest BCUT2D eigenvalue weighted by molar-refractivity contribution is -0.383. The van der Waals surface area contributed by atoms with Crippen molar-refractivity contribution in [2.24, 2.45) is 0 Å². The average Bonchev–Trinajstić information content (AvgIpc) is 3.01. The van der Waals surface area contributed by atoms with E-state index in [4.69, 9.17) is 9.84 Å². The second kappa shape index (κ2) is 5.00. The van der Waals surface area contributed by atoms with Gasteiger partial charge in [-0.3, -0.25) is 10.1 Å². The molecule has 10 heteroatoms. The number of aliphatic hydroxyl groups excluding tert-OH is 3. The van der Waals surface area contributed by atoms with Crippen LogP contribution in [0.25, 0.3) is 5.65 Å². The number of nitro groups is 1. The van der Waals surface area contributed by atoms with Crippen LogP contribution in [0.15, 0.2) is 18.3 Å². The van der Waals surface area contributed by atoms with Gasteiger partial charge in [0.05, 0.1) is 11.5 Å². The lowest BCUT2D eigenvalue weighted by Gasteiger charge is -2.10. The smallest absolute Gasteiger partial charge is 0.313 e. The Morgan fingerprint density at radius 1 is 1.43 bits per heavy atom. The van der Waals surface area contributed by atoms with E-state index in [9.17, 15) is 20.3 Å². The molecule has 0 amide bonds. The lowest BCUT2D eigenvalue weighted by atomic mass is 10.1. The van der Waals surface area contributed by atoms with Gasteiger partial charge in [0, 0.05) is 12.3 Å². The van der Waals surface area contributed by atoms with E-state index in [1.807, 2.05) is 0 Å². The molecule has 4 atom stereocenters. The molecule has 112 valence electrons. The van der Waals surface area contributed by atoms with Gasteiger partial charge in [0.25, 0.3) is 0 Å². The number of ether oxygens (including phenoxy) is 1. The summed E-state index contributed by atoms with van der Waals surface area (Å²) in [5.41, 5.74) is -0.224. The van der Waals surface area contributed by atoms with E-state index >= 15 is 0 Å². The van der Waals surface area contributed by atoms with Crippen LogP contribution >= 0.6 is 0 Å². The highest BCUT2D eigenvalue weighted by Crippen LogP contribution is 2.32. The fourth-order valence-corrected chi connectivity index (χ4v) is 2.28. The zero-order chi connectivity index (χ0) is 15.1. The van der Waals surface area contributed by atoms with E-state index in [1.165, 1.54) is 22.8 Å². The Morgan fingerprint density at radius 3 is 2.81 bits per heavy atom. The highest BCUT2D eigenvalue weighted by atomic mass is 16.6. The van der Waals surface area contributed by atoms with Crippen LogP contribution in [-0.4, -0.2) is 59.8 Å². The number of aromatic nitrogens is 3. The molecule has 1 saturated heterocycles. The quantitative estimate of drug-likeness (QED) is 0.473. The lowest BCUT2D eigenvalue weighted by Crippen LogP contribution is -2.32. The molecule has 0 aliphatic carbocycles. The SMILES string of the molecule is O=[N+]([O-])c1cccn2nc(C3O[C@H](CO)[C@@H](O)[C@H]3O)nc12. The van der Waals surface area contributed by atoms with Gasteiger partial charge in [-0.2, -0.15) is 0 Å². The van der Waals surface area contributed by atoms with Crippen molar-refractivity contribution in [1.82, 2.24) is 14.6 Å². The topological polar surface area (TPSA) is 143 Å². The Balaban J connectivity index is 2.02. The molecule has 3 N–H and O–H groups in total. The summed E-state index contributed by atoms with van der Waals surface area (Å²) in [4.78, 5) is 14.3. The molecule has 0 saturated carbocycles. The number of rotatable bonds is 3. The van der Waals surface area contributed by atoms with Gasteiger partial charge in [-0.1, -0.05) is 0 Å². The molecule has 1 aliphatic heterocycles. The molecule has 3 rings (SSSR count). The fourth-order valence-electron chi connectivity index (χ4n) is 2.28. The molecular weight excluding hydrogens is 284 g/mol. The van der Waals surface area contributed by atoms with Crippen molar-refractivity contribution < 1.29 is 25.0 Å². The summed E-state index contributed by atoms with van der Waals surface area (Å²) in [6.45, 7) is -0.470. The van der Waals surface area contributed by atoms with E-state index in [-0.39, 0.29) is 17.2 Å². The van der Waals surface area contributed by atoms with Crippen LogP contribution < -0.4 is 0 Å². The highest BCUT2D eigenvalue weighted by molar-refractivity contribution is 5.58. The Labute approximate surface area is 117 Å². The van der Waals surface area contributed by atoms with Gasteiger partial charge in [0.15, 0.2) is 5.82 Å². The molecule has 1 fully saturated rings. The summed E-state index contributed by atoms with van der Waals surface area (Å²) < 4.78 is 6.49. The summed E-state index contributed by atoms with van der Waals surface area (Å²) in [6, 6.07) is 2.73. The summed E-state index contributed by atoms with van der Waals surface area (Å²) in [5, 5.41) is 43.6. The molecule has 2 aromatic heterocycles. The number of nitrogens with zero attached hydrogens (tertiary/aromatic N) is 4. The van der Waals surface area contributed by atoms with Gasteiger partial charge >= 0.3 is 5.69 Å². The predicted octanol–water partition coefficient (Wildman–Crippen LogP) is -1.21. The van der Waals surface area contributed by atoms with Gasteiger partial charge in [0.2, 0.25) is 5.65 Å². The maximum absolute atomic E-state index is 10.9. The summed E-state index contributed by atoms with van der Waals surface area (Å²) in [7, 11) is 0. The fraction of sp³-hybridized carbons (Fsp3) is 0.455. The van der Waals surface area contributed by atoms with Crippen LogP contribution in [0.5, 0.6) is 0 Å². The van der Waals surface area contributed by atoms with Gasteiger partial charge in [-0.05, 0) is 6.07 Å². The van der Waals surface area contributed by atoms with Crippen LogP contribution in [0.3, 0.4) is 0 Å². The van der Waals surface area contributed by atoms with Gasteiger partial charge in [0.1, 0.15) is 24.4 Å². The van der Waals surface area contributed by atoms with Crippen LogP contribution in [-0.2, 0) is 4.74 Å². The van der Waals surface area contributed by atoms with Crippen molar-refractivity contribution in [3.8, 4) is 0 Å². The third kappa shape index (κ3) is 2.14. The van der Waals surface area contributed by atoms with Crippen molar-refractivity contribution in [2.45, 2.75) is 24.4 Å². The average molecular weight is 296 g/mol. The molecule has 0 radical (unpaired) electrons. The Bertz CT molecular complexity index is 688. The van der Waals surface area contributed by atoms with E-state index in [2.05, 4.69) is 10.1 Å². The minimum absolute atomic E-state index is 0.00630. The molecule has 0 bridgehead atoms. The molecule has 3 heterocycles. The highest BCUT2D eigenvalue weighted by Gasteiger charge is 2.45. The zero-order valence-electron chi connectivity index (χ0n) is 10.6. The minimum Gasteiger partial charge on any atom is -0.394 e. The molecule has 10 nitrogen and oxygen atoms in total. The predicted molar refractivity (Wildman–Crippen MR) is 66.4 cm³/mol. The zero-order valence-corrected chi connectivity index (χ0v) is 10.6. The van der Waals surface area contributed by atoms with E-state index < -0.39 is 35.9 Å². The molecular formula is C11H12N4O6. The Morgan fingerprint density at radius 2 is 2.19 bits per heavy atom. The van der Waals surface area contributed by atoms with Gasteiger partial charge < -0.3 is 20.1 Å². The molecule has 0 spiro atoms. The maximum atomic E-state index is 10.9. The first kappa shape index (κ1) is 13.8. The summed E-state index contributed by atoms with van der Waals surface area (Å²) in [5.74, 6) is 0.00630. The van der Waals surface area contributed by atoms with Crippen molar-refractivity contribution in [3.05, 3.63) is 34.3 Å². The van der Waals surface area contributed by atoms with Crippen molar-refractivity contribution in [3.63, 3.8) is 0 Å². The van der Waals surface area contributed by atoms with E-state index in [1.54, 1.807) is 0 Å². The van der Waals surface area contributed by atoms with Crippen LogP contribution in [0.1, 0.15) is 11.9 Å². The largest absolute Gasteiger partial charge is 0.394 e. The first-order valence-electron chi connectivity index (χ1n) is 6.15. The first-order chi connectivity index (χ1) is 10.0. The second-order valence-electron chi connectivity index (χ2n) is 4.65. The second-order valence-corrected chi connectivity index (χ2v) is 4.65. The Kier molecular flexibility index (Phi) is 3.29. The van der Waals surface area contributed by atoms with Gasteiger partial charge in [-0.15, -0.1) is 5.10 Å². The Hall–Kier alpha value is -2.14. The van der Waals surface area contributed by atoms with Gasteiger partial charge in [-0.25, -0.2) is 9.50 Å². The number of hydrogen-bond donors (Lipinski definition) is 3. The monoisotopic (exact) mass is 296 g/mol. The van der Waals surface area contributed by atoms with Crippen LogP contribution in [0.4, 0.5) is 5.69 Å². The standard InChI is InChI=1S/C11H12N4O6/c16-4-6-7(17)8(18)9(21-6)10-12-11-5(15(19)20)2-1-3-14(11)13-10/h1-3,6-9,16-18H,4H2/t6-,7-,8-,9?/m1/s1. The van der Waals surface area contributed by atoms with Crippen molar-refractivity contribution in [1.29, 1.82) is 0 Å². The third-order valence-electron chi connectivity index (χ3n) is 3.35. The van der Waals surface area contributed by atoms with Crippen molar-refractivity contribution in [2.75, 3.05) is 6.61 Å². The summed E-state index contributed by atoms with van der Waals surface area (Å²) >= 11 is 0. The number of aliphatic hydroxyl groups is 3. The normalized spacial score (nSPS) is 29.1. The number of pyridine rings is 1. The molecule has 1 aliphatic rings. The molecule has 1 unspecified atom stereocenters. The van der Waals surface area contributed by atoms with Crippen molar-refractivity contribution >= 4 is 11.3 Å². The van der Waals surface area contributed by atoms with E-state index in [0.717, 1.165) is 0 Å². The first-order valence-corrected chi connectivity index (χ1v) is 6.15. The third-order valence-corrected chi connectivity index (χ3v) is 3.35. The maximum Gasteiger partial charge on any atom is 0.313 e. The number of hydrogen-bond acceptors (Lipinski definition) is 8. The molecule has 2 aromatic rings. The van der Waals surface area contributed by atoms with Crippen LogP contribution in [0.2, 0.25) is 0 Å². The molecule has 0 aromatic carbocycles. The van der Waals surface area contributed by atoms with E-state index in [0.29, 0.717) is 0 Å². The summed E-state index contributed by atoms with van der Waals surface area (Å²) in [6.07, 6.45) is -3.14. The number of fused-ring (bicyclic) bond motifs is 1. The van der Waals surface area contributed by atoms with Crippen LogP contribution in [0, 0.1) is 10.1 Å². The minimum atomic E-state index is -1.32. The molecule has 21 heavy (non-hydrogen) atoms.